The van der Waals surface area contributed by atoms with E-state index in [1.165, 1.54) is 6.07 Å². The van der Waals surface area contributed by atoms with Crippen molar-refractivity contribution in [2.24, 2.45) is 0 Å². The Balaban J connectivity index is 1.82. The van der Waals surface area contributed by atoms with Crippen LogP contribution in [0.5, 0.6) is 0 Å². The van der Waals surface area contributed by atoms with Crippen molar-refractivity contribution < 1.29 is 13.9 Å². The van der Waals surface area contributed by atoms with Crippen LogP contribution >= 0.6 is 0 Å². The van der Waals surface area contributed by atoms with Crippen LogP contribution < -0.4 is 0 Å². The Morgan fingerprint density at radius 3 is 2.57 bits per heavy atom. The number of rotatable bonds is 5. The second kappa shape index (κ2) is 7.29. The minimum Gasteiger partial charge on any atom is -0.388 e. The second-order valence-electron chi connectivity index (χ2n) is 5.99. The van der Waals surface area contributed by atoms with E-state index in [2.05, 4.69) is 23.9 Å². The number of hydrogen-bond acceptors (Lipinski definition) is 3. The standard InChI is InChI=1S/C16H24F2N2O/c1-19-8-5-13(6-9-19)20(2)10-7-16(21)12-3-4-14(17)15(18)11-12/h3-4,11,13,16,21H,5-10H2,1-2H3. The Labute approximate surface area is 125 Å². The van der Waals surface area contributed by atoms with Gasteiger partial charge in [-0.25, -0.2) is 8.78 Å². The summed E-state index contributed by atoms with van der Waals surface area (Å²) >= 11 is 0. The van der Waals surface area contributed by atoms with Gasteiger partial charge in [0.1, 0.15) is 0 Å². The minimum atomic E-state index is -0.907. The summed E-state index contributed by atoms with van der Waals surface area (Å²) in [6.07, 6.45) is 2.03. The molecule has 1 heterocycles. The summed E-state index contributed by atoms with van der Waals surface area (Å²) in [6, 6.07) is 4.13. The molecule has 0 aliphatic carbocycles. The molecule has 0 radical (unpaired) electrons. The number of nitrogens with zero attached hydrogens (tertiary/aromatic N) is 2. The first-order valence-corrected chi connectivity index (χ1v) is 7.49. The fourth-order valence-electron chi connectivity index (χ4n) is 2.83. The van der Waals surface area contributed by atoms with Crippen LogP contribution in [0, 0.1) is 11.6 Å². The zero-order valence-corrected chi connectivity index (χ0v) is 12.7. The van der Waals surface area contributed by atoms with Crippen LogP contribution in [0.25, 0.3) is 0 Å². The van der Waals surface area contributed by atoms with Gasteiger partial charge >= 0.3 is 0 Å². The normalized spacial score (nSPS) is 19.1. The fourth-order valence-corrected chi connectivity index (χ4v) is 2.83. The molecule has 0 saturated carbocycles. The van der Waals surface area contributed by atoms with Gasteiger partial charge in [0.25, 0.3) is 0 Å². The van der Waals surface area contributed by atoms with E-state index in [0.29, 0.717) is 18.0 Å². The van der Waals surface area contributed by atoms with Crippen LogP contribution in [-0.2, 0) is 0 Å². The minimum absolute atomic E-state index is 0.436. The lowest BCUT2D eigenvalue weighted by Crippen LogP contribution is -2.42. The highest BCUT2D eigenvalue weighted by Crippen LogP contribution is 2.21. The molecule has 1 N–H and O–H groups in total. The third-order valence-corrected chi connectivity index (χ3v) is 4.40. The number of aliphatic hydroxyl groups excluding tert-OH is 1. The summed E-state index contributed by atoms with van der Waals surface area (Å²) in [4.78, 5) is 4.58. The van der Waals surface area contributed by atoms with E-state index in [0.717, 1.165) is 44.6 Å². The molecule has 1 fully saturated rings. The summed E-state index contributed by atoms with van der Waals surface area (Å²) in [6.45, 7) is 2.94. The average molecular weight is 298 g/mol. The highest BCUT2D eigenvalue weighted by atomic mass is 19.2. The van der Waals surface area contributed by atoms with Crippen molar-refractivity contribution in [3.63, 3.8) is 0 Å². The molecule has 21 heavy (non-hydrogen) atoms. The van der Waals surface area contributed by atoms with E-state index in [4.69, 9.17) is 0 Å². The fraction of sp³-hybridized carbons (Fsp3) is 0.625. The van der Waals surface area contributed by atoms with Crippen LogP contribution in [0.3, 0.4) is 0 Å². The lowest BCUT2D eigenvalue weighted by atomic mass is 10.0. The van der Waals surface area contributed by atoms with Crippen LogP contribution in [0.1, 0.15) is 30.9 Å². The molecule has 1 aromatic rings. The van der Waals surface area contributed by atoms with Crippen LogP contribution in [-0.4, -0.2) is 54.7 Å². The number of piperidine rings is 1. The van der Waals surface area contributed by atoms with E-state index >= 15 is 0 Å². The zero-order valence-electron chi connectivity index (χ0n) is 12.7. The third kappa shape index (κ3) is 4.46. The molecule has 1 aliphatic rings. The van der Waals surface area contributed by atoms with E-state index < -0.39 is 17.7 Å². The van der Waals surface area contributed by atoms with E-state index in [9.17, 15) is 13.9 Å². The van der Waals surface area contributed by atoms with Gasteiger partial charge in [0.05, 0.1) is 6.10 Å². The lowest BCUT2D eigenvalue weighted by molar-refractivity contribution is 0.109. The number of likely N-dealkylation sites (tertiary alicyclic amines) is 1. The average Bonchev–Trinajstić information content (AvgIpc) is 2.48. The molecule has 0 aromatic heterocycles. The maximum atomic E-state index is 13.2. The number of halogens is 2. The molecule has 0 spiro atoms. The quantitative estimate of drug-likeness (QED) is 0.904. The van der Waals surface area contributed by atoms with E-state index in [1.54, 1.807) is 0 Å². The summed E-state index contributed by atoms with van der Waals surface area (Å²) < 4.78 is 26.0. The van der Waals surface area contributed by atoms with Gasteiger partial charge in [0, 0.05) is 12.6 Å². The highest BCUT2D eigenvalue weighted by Gasteiger charge is 2.21. The number of benzene rings is 1. The first kappa shape index (κ1) is 16.3. The van der Waals surface area contributed by atoms with Gasteiger partial charge in [-0.15, -0.1) is 0 Å². The van der Waals surface area contributed by atoms with Crippen molar-refractivity contribution in [1.29, 1.82) is 0 Å². The molecular formula is C16H24F2N2O. The number of aliphatic hydroxyl groups is 1. The largest absolute Gasteiger partial charge is 0.388 e. The van der Waals surface area contributed by atoms with Crippen molar-refractivity contribution in [2.75, 3.05) is 33.7 Å². The van der Waals surface area contributed by atoms with E-state index in [1.807, 2.05) is 0 Å². The molecule has 1 unspecified atom stereocenters. The molecular weight excluding hydrogens is 274 g/mol. The third-order valence-electron chi connectivity index (χ3n) is 4.40. The molecule has 0 bridgehead atoms. The molecule has 1 saturated heterocycles. The predicted octanol–water partition coefficient (Wildman–Crippen LogP) is 2.41. The molecule has 5 heteroatoms. The molecule has 1 atom stereocenters. The first-order valence-electron chi connectivity index (χ1n) is 7.49. The van der Waals surface area contributed by atoms with Gasteiger partial charge in [-0.3, -0.25) is 0 Å². The van der Waals surface area contributed by atoms with Gasteiger partial charge in [0.15, 0.2) is 11.6 Å². The molecule has 118 valence electrons. The SMILES string of the molecule is CN1CCC(N(C)CCC(O)c2ccc(F)c(F)c2)CC1. The Bertz CT molecular complexity index is 462. The highest BCUT2D eigenvalue weighted by molar-refractivity contribution is 5.20. The van der Waals surface area contributed by atoms with Crippen LogP contribution in [0.4, 0.5) is 8.78 Å². The van der Waals surface area contributed by atoms with Crippen molar-refractivity contribution in [3.05, 3.63) is 35.4 Å². The van der Waals surface area contributed by atoms with Crippen molar-refractivity contribution in [3.8, 4) is 0 Å². The van der Waals surface area contributed by atoms with Gasteiger partial charge in [-0.2, -0.15) is 0 Å². The monoisotopic (exact) mass is 298 g/mol. The van der Waals surface area contributed by atoms with Crippen molar-refractivity contribution in [1.82, 2.24) is 9.80 Å². The Morgan fingerprint density at radius 1 is 1.29 bits per heavy atom. The van der Waals surface area contributed by atoms with Crippen LogP contribution in [0.15, 0.2) is 18.2 Å². The Kier molecular flexibility index (Phi) is 5.67. The maximum Gasteiger partial charge on any atom is 0.159 e. The Hall–Kier alpha value is -1.04. The van der Waals surface area contributed by atoms with Crippen molar-refractivity contribution >= 4 is 0 Å². The summed E-state index contributed by atoms with van der Waals surface area (Å²) in [5.41, 5.74) is 0.436. The first-order chi connectivity index (χ1) is 9.97. The molecule has 1 aliphatic heterocycles. The molecule has 0 amide bonds. The smallest absolute Gasteiger partial charge is 0.159 e. The van der Waals surface area contributed by atoms with Crippen LogP contribution in [0.2, 0.25) is 0 Å². The predicted molar refractivity (Wildman–Crippen MR) is 79.1 cm³/mol. The Morgan fingerprint density at radius 2 is 1.95 bits per heavy atom. The summed E-state index contributed by atoms with van der Waals surface area (Å²) in [5, 5.41) is 10.1. The van der Waals surface area contributed by atoms with Gasteiger partial charge in [0.2, 0.25) is 0 Å². The summed E-state index contributed by atoms with van der Waals surface area (Å²) in [7, 11) is 4.19. The summed E-state index contributed by atoms with van der Waals surface area (Å²) in [5.74, 6) is -1.79. The van der Waals surface area contributed by atoms with Crippen molar-refractivity contribution in [2.45, 2.75) is 31.4 Å². The topological polar surface area (TPSA) is 26.7 Å². The molecule has 2 rings (SSSR count). The maximum absolute atomic E-state index is 13.2. The van der Waals surface area contributed by atoms with Gasteiger partial charge < -0.3 is 14.9 Å². The van der Waals surface area contributed by atoms with Gasteiger partial charge in [-0.1, -0.05) is 6.07 Å². The van der Waals surface area contributed by atoms with Gasteiger partial charge in [-0.05, 0) is 64.1 Å². The number of hydrogen-bond donors (Lipinski definition) is 1. The molecule has 1 aromatic carbocycles. The lowest BCUT2D eigenvalue weighted by Gasteiger charge is -2.35. The molecule has 3 nitrogen and oxygen atoms in total. The second-order valence-corrected chi connectivity index (χ2v) is 5.99. The van der Waals surface area contributed by atoms with E-state index in [-0.39, 0.29) is 0 Å². The zero-order chi connectivity index (χ0) is 15.4.